The third-order valence-corrected chi connectivity index (χ3v) is 0.598. The molecule has 8 heavy (non-hydrogen) atoms. The van der Waals surface area contributed by atoms with E-state index >= 15 is 0 Å². The fourth-order valence-corrected chi connectivity index (χ4v) is 0.258. The van der Waals surface area contributed by atoms with Gasteiger partial charge in [-0.1, -0.05) is 5.92 Å². The fourth-order valence-electron chi connectivity index (χ4n) is 0.258. The van der Waals surface area contributed by atoms with Crippen molar-refractivity contribution in [2.45, 2.75) is 12.8 Å². The molecule has 0 radical (unpaired) electrons. The first kappa shape index (κ1) is 6.83. The number of amides is 1. The minimum absolute atomic E-state index is 0.296. The highest BCUT2D eigenvalue weighted by atomic mass is 16.1. The molecule has 0 aromatic rings. The van der Waals surface area contributed by atoms with Crippen molar-refractivity contribution in [2.24, 2.45) is 11.5 Å². The van der Waals surface area contributed by atoms with E-state index < -0.39 is 0 Å². The lowest BCUT2D eigenvalue weighted by Gasteiger charge is -1.82. The molecule has 4 N–H and O–H groups in total. The van der Waals surface area contributed by atoms with E-state index in [-0.39, 0.29) is 5.91 Å². The lowest BCUT2D eigenvalue weighted by molar-refractivity contribution is -0.117. The predicted molar refractivity (Wildman–Crippen MR) is 30.4 cm³/mol. The van der Waals surface area contributed by atoms with Gasteiger partial charge in [0.2, 0.25) is 5.91 Å². The third-order valence-electron chi connectivity index (χ3n) is 0.598. The minimum atomic E-state index is -0.340. The van der Waals surface area contributed by atoms with Gasteiger partial charge in [-0.05, 0) is 0 Å². The van der Waals surface area contributed by atoms with Crippen LogP contribution in [0.1, 0.15) is 12.8 Å². The molecule has 1 amide bonds. The normalized spacial score (nSPS) is 7.00. The first-order chi connectivity index (χ1) is 3.77. The maximum Gasteiger partial charge on any atom is 0.218 e. The Hall–Kier alpha value is -1.17. The van der Waals surface area contributed by atoms with E-state index in [0.717, 1.165) is 0 Å². The van der Waals surface area contributed by atoms with Gasteiger partial charge < -0.3 is 11.5 Å². The second-order valence-electron chi connectivity index (χ2n) is 1.29. The van der Waals surface area contributed by atoms with E-state index in [4.69, 9.17) is 11.5 Å². The summed E-state index contributed by atoms with van der Waals surface area (Å²) in [5.74, 6) is 2.17. The third kappa shape index (κ3) is 4.83. The molecule has 0 saturated heterocycles. The number of rotatable bonds is 2. The Kier molecular flexibility index (Phi) is 3.42. The smallest absolute Gasteiger partial charge is 0.218 e. The highest BCUT2D eigenvalue weighted by Gasteiger charge is 1.87. The van der Waals surface area contributed by atoms with Crippen molar-refractivity contribution in [1.82, 2.24) is 0 Å². The van der Waals surface area contributed by atoms with Gasteiger partial charge in [0.15, 0.2) is 0 Å². The summed E-state index contributed by atoms with van der Waals surface area (Å²) in [7, 11) is 0. The standard InChI is InChI=1S/C5H8N2O/c6-4-2-1-3-5(7)8/h1,3,6H2,(H2,7,8). The first-order valence-electron chi connectivity index (χ1n) is 2.24. The van der Waals surface area contributed by atoms with Gasteiger partial charge >= 0.3 is 0 Å². The van der Waals surface area contributed by atoms with Crippen molar-refractivity contribution in [1.29, 1.82) is 0 Å². The van der Waals surface area contributed by atoms with E-state index in [1.54, 1.807) is 0 Å². The fraction of sp³-hybridized carbons (Fsp3) is 0.400. The second kappa shape index (κ2) is 4.00. The van der Waals surface area contributed by atoms with Crippen molar-refractivity contribution in [3.05, 3.63) is 0 Å². The molecule has 44 valence electrons. The van der Waals surface area contributed by atoms with Crippen LogP contribution in [0.25, 0.3) is 0 Å². The average Bonchev–Trinajstić information content (AvgIpc) is 1.66. The zero-order chi connectivity index (χ0) is 6.41. The molecule has 0 bridgehead atoms. The van der Waals surface area contributed by atoms with Crippen molar-refractivity contribution in [3.8, 4) is 12.0 Å². The van der Waals surface area contributed by atoms with E-state index in [1.165, 1.54) is 0 Å². The molecule has 0 heterocycles. The number of carbonyl (C=O) groups is 1. The average molecular weight is 112 g/mol. The number of carbonyl (C=O) groups excluding carboxylic acids is 1. The van der Waals surface area contributed by atoms with Crippen LogP contribution in [0, 0.1) is 12.0 Å². The maximum absolute atomic E-state index is 9.99. The molecular weight excluding hydrogens is 104 g/mol. The largest absolute Gasteiger partial charge is 0.370 e. The Morgan fingerprint density at radius 3 is 2.62 bits per heavy atom. The molecule has 0 spiro atoms. The van der Waals surface area contributed by atoms with E-state index in [0.29, 0.717) is 12.8 Å². The monoisotopic (exact) mass is 112 g/mol. The van der Waals surface area contributed by atoms with Gasteiger partial charge in [0.25, 0.3) is 0 Å². The van der Waals surface area contributed by atoms with E-state index in [2.05, 4.69) is 12.0 Å². The van der Waals surface area contributed by atoms with Gasteiger partial charge in [0, 0.05) is 18.9 Å². The van der Waals surface area contributed by atoms with Gasteiger partial charge in [0.1, 0.15) is 0 Å². The Balaban J connectivity index is 3.14. The summed E-state index contributed by atoms with van der Waals surface area (Å²) in [5.41, 5.74) is 9.59. The molecule has 0 saturated carbocycles. The van der Waals surface area contributed by atoms with Crippen LogP contribution >= 0.6 is 0 Å². The molecule has 0 aliphatic heterocycles. The van der Waals surface area contributed by atoms with E-state index in [1.807, 2.05) is 0 Å². The van der Waals surface area contributed by atoms with E-state index in [9.17, 15) is 4.79 Å². The summed E-state index contributed by atoms with van der Waals surface area (Å²) in [6.45, 7) is 0. The summed E-state index contributed by atoms with van der Waals surface area (Å²) >= 11 is 0. The number of primary amides is 1. The zero-order valence-corrected chi connectivity index (χ0v) is 4.48. The van der Waals surface area contributed by atoms with Crippen LogP contribution in [0.5, 0.6) is 0 Å². The molecule has 0 fully saturated rings. The number of hydrogen-bond donors (Lipinski definition) is 2. The van der Waals surface area contributed by atoms with Crippen LogP contribution in [0.2, 0.25) is 0 Å². The quantitative estimate of drug-likeness (QED) is 0.361. The van der Waals surface area contributed by atoms with Crippen LogP contribution in [-0.2, 0) is 4.79 Å². The zero-order valence-electron chi connectivity index (χ0n) is 4.48. The summed E-state index contributed by atoms with van der Waals surface area (Å²) in [5, 5.41) is 0. The molecule has 0 unspecified atom stereocenters. The lowest BCUT2D eigenvalue weighted by atomic mass is 10.3. The molecule has 3 heteroatoms. The van der Waals surface area contributed by atoms with Gasteiger partial charge in [0.05, 0.1) is 0 Å². The summed E-state index contributed by atoms with van der Waals surface area (Å²) in [6.07, 6.45) is 0.760. The van der Waals surface area contributed by atoms with Crippen molar-refractivity contribution in [2.75, 3.05) is 0 Å². The molecule has 3 nitrogen and oxygen atoms in total. The van der Waals surface area contributed by atoms with Gasteiger partial charge in [-0.15, -0.1) is 0 Å². The van der Waals surface area contributed by atoms with Crippen molar-refractivity contribution < 1.29 is 4.79 Å². The molecule has 0 atom stereocenters. The summed E-state index contributed by atoms with van der Waals surface area (Å²) in [4.78, 5) is 9.99. The molecule has 0 aromatic heterocycles. The predicted octanol–water partition coefficient (Wildman–Crippen LogP) is -0.829. The van der Waals surface area contributed by atoms with Crippen LogP contribution in [0.15, 0.2) is 0 Å². The molecule has 0 aliphatic carbocycles. The topological polar surface area (TPSA) is 69.1 Å². The molecular formula is C5H8N2O. The van der Waals surface area contributed by atoms with Crippen LogP contribution in [0.3, 0.4) is 0 Å². The summed E-state index contributed by atoms with van der Waals surface area (Å²) in [6, 6.07) is 2.17. The molecule has 0 aromatic carbocycles. The van der Waals surface area contributed by atoms with Gasteiger partial charge in [-0.3, -0.25) is 4.79 Å². The lowest BCUT2D eigenvalue weighted by Crippen LogP contribution is -2.09. The van der Waals surface area contributed by atoms with Crippen LogP contribution in [0.4, 0.5) is 0 Å². The highest BCUT2D eigenvalue weighted by molar-refractivity contribution is 5.73. The Labute approximate surface area is 48.0 Å². The maximum atomic E-state index is 9.99. The van der Waals surface area contributed by atoms with Crippen LogP contribution < -0.4 is 11.5 Å². The Morgan fingerprint density at radius 1 is 1.62 bits per heavy atom. The van der Waals surface area contributed by atoms with Crippen LogP contribution in [-0.4, -0.2) is 5.91 Å². The molecule has 0 aliphatic rings. The minimum Gasteiger partial charge on any atom is -0.370 e. The van der Waals surface area contributed by atoms with Gasteiger partial charge in [-0.25, -0.2) is 0 Å². The Morgan fingerprint density at radius 2 is 2.25 bits per heavy atom. The first-order valence-corrected chi connectivity index (χ1v) is 2.24. The summed E-state index contributed by atoms with van der Waals surface area (Å²) < 4.78 is 0. The van der Waals surface area contributed by atoms with Crippen molar-refractivity contribution in [3.63, 3.8) is 0 Å². The number of nitrogens with two attached hydrogens (primary N) is 2. The SMILES string of the molecule is NC#CCCC(N)=O. The Bertz CT molecular complexity index is 131. The van der Waals surface area contributed by atoms with Crippen molar-refractivity contribution >= 4 is 5.91 Å². The highest BCUT2D eigenvalue weighted by Crippen LogP contribution is 1.81. The number of hydrogen-bond acceptors (Lipinski definition) is 2. The molecule has 0 rings (SSSR count). The second-order valence-corrected chi connectivity index (χ2v) is 1.29. The van der Waals surface area contributed by atoms with Gasteiger partial charge in [-0.2, -0.15) is 0 Å².